The van der Waals surface area contributed by atoms with E-state index >= 15 is 0 Å². The van der Waals surface area contributed by atoms with Crippen LogP contribution in [-0.4, -0.2) is 29.7 Å². The van der Waals surface area contributed by atoms with Crippen LogP contribution in [-0.2, 0) is 11.2 Å². The molecule has 5 heteroatoms. The van der Waals surface area contributed by atoms with Crippen LogP contribution in [0, 0.1) is 5.92 Å². The minimum absolute atomic E-state index is 0. The van der Waals surface area contributed by atoms with E-state index in [0.717, 1.165) is 24.8 Å². The zero-order valence-corrected chi connectivity index (χ0v) is 12.3. The molecule has 0 heterocycles. The number of halogens is 1. The van der Waals surface area contributed by atoms with E-state index in [1.54, 1.807) is 0 Å². The molecule has 1 saturated carbocycles. The first-order valence-electron chi connectivity index (χ1n) is 6.90. The maximum Gasteiger partial charge on any atom is 0.223 e. The summed E-state index contributed by atoms with van der Waals surface area (Å²) in [5.74, 6) is 0.0546. The van der Waals surface area contributed by atoms with Gasteiger partial charge in [-0.15, -0.1) is 12.4 Å². The summed E-state index contributed by atoms with van der Waals surface area (Å²) in [4.78, 5) is 11.9. The largest absolute Gasteiger partial charge is 0.391 e. The average Bonchev–Trinajstić information content (AvgIpc) is 2.84. The van der Waals surface area contributed by atoms with Crippen molar-refractivity contribution in [1.29, 1.82) is 0 Å². The van der Waals surface area contributed by atoms with Crippen LogP contribution in [0.3, 0.4) is 0 Å². The molecule has 0 aromatic heterocycles. The number of hydrogen-bond acceptors (Lipinski definition) is 3. The van der Waals surface area contributed by atoms with Crippen molar-refractivity contribution in [1.82, 2.24) is 5.32 Å². The van der Waals surface area contributed by atoms with Gasteiger partial charge in [0.05, 0.1) is 6.10 Å². The van der Waals surface area contributed by atoms with Crippen molar-refractivity contribution in [2.75, 3.05) is 6.54 Å². The molecule has 1 aliphatic rings. The van der Waals surface area contributed by atoms with Crippen LogP contribution in [0.25, 0.3) is 0 Å². The molecule has 0 aliphatic heterocycles. The molecule has 1 aromatic carbocycles. The van der Waals surface area contributed by atoms with Gasteiger partial charge >= 0.3 is 0 Å². The van der Waals surface area contributed by atoms with Crippen LogP contribution in [0.5, 0.6) is 0 Å². The summed E-state index contributed by atoms with van der Waals surface area (Å²) in [6, 6.07) is 9.94. The van der Waals surface area contributed by atoms with E-state index in [4.69, 9.17) is 5.73 Å². The number of amides is 1. The molecule has 20 heavy (non-hydrogen) atoms. The number of aliphatic hydroxyl groups excluding tert-OH is 1. The average molecular weight is 299 g/mol. The third-order valence-electron chi connectivity index (χ3n) is 3.67. The van der Waals surface area contributed by atoms with Crippen LogP contribution >= 0.6 is 12.4 Å². The first-order valence-corrected chi connectivity index (χ1v) is 6.90. The SMILES string of the molecule is Cl.NC1CCC(C(=O)NCC(O)Cc2ccccc2)C1. The predicted molar refractivity (Wildman–Crippen MR) is 81.7 cm³/mol. The van der Waals surface area contributed by atoms with Crippen molar-refractivity contribution in [3.8, 4) is 0 Å². The molecule has 1 aliphatic carbocycles. The number of rotatable bonds is 5. The molecule has 3 atom stereocenters. The van der Waals surface area contributed by atoms with Gasteiger partial charge in [0.15, 0.2) is 0 Å². The van der Waals surface area contributed by atoms with Crippen LogP contribution in [0.15, 0.2) is 30.3 Å². The van der Waals surface area contributed by atoms with Gasteiger partial charge in [-0.25, -0.2) is 0 Å². The summed E-state index contributed by atoms with van der Waals surface area (Å²) in [5, 5.41) is 12.7. The predicted octanol–water partition coefficient (Wildman–Crippen LogP) is 1.26. The number of benzene rings is 1. The molecule has 2 rings (SSSR count). The number of hydrogen-bond donors (Lipinski definition) is 3. The first-order chi connectivity index (χ1) is 9.15. The monoisotopic (exact) mass is 298 g/mol. The molecule has 1 amide bonds. The van der Waals surface area contributed by atoms with Crippen molar-refractivity contribution in [3.63, 3.8) is 0 Å². The lowest BCUT2D eigenvalue weighted by Gasteiger charge is -2.14. The molecule has 1 aromatic rings. The Kier molecular flexibility index (Phi) is 6.99. The second kappa shape index (κ2) is 8.25. The molecule has 0 saturated heterocycles. The highest BCUT2D eigenvalue weighted by atomic mass is 35.5. The molecule has 4 N–H and O–H groups in total. The van der Waals surface area contributed by atoms with E-state index in [0.29, 0.717) is 13.0 Å². The molecule has 3 unspecified atom stereocenters. The Bertz CT molecular complexity index is 414. The molecule has 0 spiro atoms. The Balaban J connectivity index is 0.00000200. The highest BCUT2D eigenvalue weighted by Gasteiger charge is 2.27. The van der Waals surface area contributed by atoms with Crippen LogP contribution in [0.2, 0.25) is 0 Å². The van der Waals surface area contributed by atoms with Gasteiger partial charge in [0.1, 0.15) is 0 Å². The van der Waals surface area contributed by atoms with Crippen molar-refractivity contribution in [2.24, 2.45) is 11.7 Å². The number of aliphatic hydroxyl groups is 1. The zero-order chi connectivity index (χ0) is 13.7. The molecule has 0 radical (unpaired) electrons. The second-order valence-corrected chi connectivity index (χ2v) is 5.36. The van der Waals surface area contributed by atoms with Crippen molar-refractivity contribution >= 4 is 18.3 Å². The molecule has 0 bridgehead atoms. The summed E-state index contributed by atoms with van der Waals surface area (Å²) in [6.45, 7) is 0.305. The number of carbonyl (C=O) groups is 1. The Hall–Kier alpha value is -1.10. The smallest absolute Gasteiger partial charge is 0.223 e. The standard InChI is InChI=1S/C15H22N2O2.ClH/c16-13-7-6-12(9-13)15(19)17-10-14(18)8-11-4-2-1-3-5-11;/h1-5,12-14,18H,6-10,16H2,(H,17,19);1H. The van der Waals surface area contributed by atoms with E-state index in [1.807, 2.05) is 30.3 Å². The molecular formula is C15H23ClN2O2. The van der Waals surface area contributed by atoms with Crippen molar-refractivity contribution in [2.45, 2.75) is 37.8 Å². The third kappa shape index (κ3) is 5.12. The third-order valence-corrected chi connectivity index (χ3v) is 3.67. The lowest BCUT2D eigenvalue weighted by atomic mass is 10.1. The van der Waals surface area contributed by atoms with Gasteiger partial charge in [0.2, 0.25) is 5.91 Å². The van der Waals surface area contributed by atoms with E-state index in [1.165, 1.54) is 0 Å². The Morgan fingerprint density at radius 3 is 2.65 bits per heavy atom. The summed E-state index contributed by atoms with van der Waals surface area (Å²) in [5.41, 5.74) is 6.87. The van der Waals surface area contributed by atoms with Gasteiger partial charge in [0, 0.05) is 24.9 Å². The van der Waals surface area contributed by atoms with Gasteiger partial charge < -0.3 is 16.2 Å². The fourth-order valence-corrected chi connectivity index (χ4v) is 2.58. The van der Waals surface area contributed by atoms with Gasteiger partial charge in [0.25, 0.3) is 0 Å². The van der Waals surface area contributed by atoms with E-state index in [9.17, 15) is 9.90 Å². The van der Waals surface area contributed by atoms with Crippen molar-refractivity contribution in [3.05, 3.63) is 35.9 Å². The number of carbonyl (C=O) groups excluding carboxylic acids is 1. The second-order valence-electron chi connectivity index (χ2n) is 5.36. The summed E-state index contributed by atoms with van der Waals surface area (Å²) in [7, 11) is 0. The minimum atomic E-state index is -0.540. The highest BCUT2D eigenvalue weighted by molar-refractivity contribution is 5.85. The molecular weight excluding hydrogens is 276 g/mol. The van der Waals surface area contributed by atoms with Crippen LogP contribution in [0.1, 0.15) is 24.8 Å². The summed E-state index contributed by atoms with van der Waals surface area (Å²) < 4.78 is 0. The highest BCUT2D eigenvalue weighted by Crippen LogP contribution is 2.23. The fraction of sp³-hybridized carbons (Fsp3) is 0.533. The Labute approximate surface area is 126 Å². The number of nitrogens with one attached hydrogen (secondary N) is 1. The lowest BCUT2D eigenvalue weighted by molar-refractivity contribution is -0.125. The fourth-order valence-electron chi connectivity index (χ4n) is 2.58. The van der Waals surface area contributed by atoms with E-state index < -0.39 is 6.10 Å². The minimum Gasteiger partial charge on any atom is -0.391 e. The van der Waals surface area contributed by atoms with E-state index in [-0.39, 0.29) is 30.3 Å². The first kappa shape index (κ1) is 17.0. The topological polar surface area (TPSA) is 75.4 Å². The Morgan fingerprint density at radius 2 is 2.05 bits per heavy atom. The van der Waals surface area contributed by atoms with Gasteiger partial charge in [-0.3, -0.25) is 4.79 Å². The van der Waals surface area contributed by atoms with Gasteiger partial charge in [-0.05, 0) is 24.8 Å². The van der Waals surface area contributed by atoms with Crippen LogP contribution < -0.4 is 11.1 Å². The van der Waals surface area contributed by atoms with Crippen molar-refractivity contribution < 1.29 is 9.90 Å². The van der Waals surface area contributed by atoms with Crippen LogP contribution in [0.4, 0.5) is 0 Å². The van der Waals surface area contributed by atoms with Gasteiger partial charge in [-0.2, -0.15) is 0 Å². The molecule has 112 valence electrons. The quantitative estimate of drug-likeness (QED) is 0.766. The summed E-state index contributed by atoms with van der Waals surface area (Å²) >= 11 is 0. The maximum atomic E-state index is 11.9. The molecule has 1 fully saturated rings. The lowest BCUT2D eigenvalue weighted by Crippen LogP contribution is -2.36. The Morgan fingerprint density at radius 1 is 1.35 bits per heavy atom. The molecule has 4 nitrogen and oxygen atoms in total. The van der Waals surface area contributed by atoms with E-state index in [2.05, 4.69) is 5.32 Å². The zero-order valence-electron chi connectivity index (χ0n) is 11.5. The summed E-state index contributed by atoms with van der Waals surface area (Å²) in [6.07, 6.45) is 2.57. The maximum absolute atomic E-state index is 11.9. The number of nitrogens with two attached hydrogens (primary N) is 1. The van der Waals surface area contributed by atoms with Gasteiger partial charge in [-0.1, -0.05) is 30.3 Å². The normalized spacial score (nSPS) is 22.9.